The molecule has 0 aliphatic carbocycles. The van der Waals surface area contributed by atoms with Crippen molar-refractivity contribution in [1.82, 2.24) is 0 Å². The topological polar surface area (TPSA) is 26.3 Å². The third kappa shape index (κ3) is 5.16. The van der Waals surface area contributed by atoms with Crippen LogP contribution in [0.4, 0.5) is 13.2 Å². The number of esters is 1. The Balaban J connectivity index is 2.92. The van der Waals surface area contributed by atoms with Crippen LogP contribution in [0.15, 0.2) is 30.3 Å². The lowest BCUT2D eigenvalue weighted by Gasteiger charge is -2.18. The van der Waals surface area contributed by atoms with Crippen LogP contribution in [0.3, 0.4) is 0 Å². The number of ether oxygens (including phenoxy) is 1. The number of carbonyl (C=O) groups excluding carboxylic acids is 1. The monoisotopic (exact) mass is 272 g/mol. The molecule has 1 aromatic rings. The van der Waals surface area contributed by atoms with E-state index in [1.807, 2.05) is 0 Å². The van der Waals surface area contributed by atoms with Gasteiger partial charge in [-0.1, -0.05) is 18.2 Å². The molecule has 0 saturated carbocycles. The van der Waals surface area contributed by atoms with Crippen molar-refractivity contribution in [3.63, 3.8) is 0 Å². The highest BCUT2D eigenvalue weighted by Gasteiger charge is 2.32. The van der Waals surface area contributed by atoms with Gasteiger partial charge in [0.15, 0.2) is 0 Å². The van der Waals surface area contributed by atoms with E-state index in [4.69, 9.17) is 4.74 Å². The molecule has 0 fully saturated rings. The predicted molar refractivity (Wildman–Crippen MR) is 66.3 cm³/mol. The first kappa shape index (κ1) is 15.3. The van der Waals surface area contributed by atoms with Crippen molar-refractivity contribution in [3.05, 3.63) is 41.5 Å². The van der Waals surface area contributed by atoms with Gasteiger partial charge in [-0.05, 0) is 38.5 Å². The summed E-state index contributed by atoms with van der Waals surface area (Å²) in [6, 6.07) is 5.04. The van der Waals surface area contributed by atoms with Crippen LogP contribution in [0.25, 0.3) is 6.08 Å². The molecule has 0 aliphatic rings. The Hall–Kier alpha value is -1.78. The zero-order valence-electron chi connectivity index (χ0n) is 10.9. The third-order valence-corrected chi connectivity index (χ3v) is 2.07. The van der Waals surface area contributed by atoms with E-state index in [0.29, 0.717) is 0 Å². The van der Waals surface area contributed by atoms with Crippen molar-refractivity contribution in [3.8, 4) is 0 Å². The zero-order chi connectivity index (χ0) is 14.7. The van der Waals surface area contributed by atoms with Gasteiger partial charge < -0.3 is 4.74 Å². The van der Waals surface area contributed by atoms with E-state index in [2.05, 4.69) is 0 Å². The fourth-order valence-corrected chi connectivity index (χ4v) is 1.39. The lowest BCUT2D eigenvalue weighted by Crippen LogP contribution is -2.22. The zero-order valence-corrected chi connectivity index (χ0v) is 10.9. The first-order valence-electron chi connectivity index (χ1n) is 5.67. The summed E-state index contributed by atoms with van der Waals surface area (Å²) in [5, 5.41) is 0. The Bertz CT molecular complexity index is 482. The average Bonchev–Trinajstić information content (AvgIpc) is 2.23. The van der Waals surface area contributed by atoms with E-state index in [-0.39, 0.29) is 5.56 Å². The Morgan fingerprint density at radius 2 is 1.74 bits per heavy atom. The first-order valence-corrected chi connectivity index (χ1v) is 5.67. The van der Waals surface area contributed by atoms with Crippen LogP contribution in [0.5, 0.6) is 0 Å². The van der Waals surface area contributed by atoms with E-state index in [1.165, 1.54) is 18.2 Å². The number of hydrogen-bond acceptors (Lipinski definition) is 2. The largest absolute Gasteiger partial charge is 0.457 e. The summed E-state index contributed by atoms with van der Waals surface area (Å²) in [5.74, 6) is -0.676. The molecule has 0 aromatic heterocycles. The molecule has 0 radical (unpaired) electrons. The van der Waals surface area contributed by atoms with Gasteiger partial charge in [-0.2, -0.15) is 13.2 Å². The van der Waals surface area contributed by atoms with Crippen LogP contribution in [0.2, 0.25) is 0 Å². The molecule has 0 heterocycles. The van der Waals surface area contributed by atoms with Gasteiger partial charge >= 0.3 is 12.1 Å². The van der Waals surface area contributed by atoms with Gasteiger partial charge in [0.05, 0.1) is 5.56 Å². The van der Waals surface area contributed by atoms with Crippen LogP contribution in [-0.2, 0) is 15.7 Å². The molecule has 1 aromatic carbocycles. The molecule has 0 spiro atoms. The highest BCUT2D eigenvalue weighted by molar-refractivity contribution is 5.87. The molecular weight excluding hydrogens is 257 g/mol. The molecule has 0 saturated heterocycles. The van der Waals surface area contributed by atoms with Crippen LogP contribution < -0.4 is 0 Å². The first-order chi connectivity index (χ1) is 8.59. The number of hydrogen-bond donors (Lipinski definition) is 0. The number of halogens is 3. The molecule has 0 bridgehead atoms. The molecule has 1 rings (SSSR count). The Morgan fingerprint density at radius 3 is 2.26 bits per heavy atom. The lowest BCUT2D eigenvalue weighted by atomic mass is 10.1. The van der Waals surface area contributed by atoms with E-state index < -0.39 is 23.3 Å². The fraction of sp³-hybridized carbons (Fsp3) is 0.357. The minimum absolute atomic E-state index is 0.0686. The number of alkyl halides is 3. The van der Waals surface area contributed by atoms with Gasteiger partial charge in [-0.25, -0.2) is 4.79 Å². The van der Waals surface area contributed by atoms with Crippen LogP contribution in [0.1, 0.15) is 31.9 Å². The van der Waals surface area contributed by atoms with E-state index in [9.17, 15) is 18.0 Å². The van der Waals surface area contributed by atoms with Crippen molar-refractivity contribution in [1.29, 1.82) is 0 Å². The number of carbonyl (C=O) groups is 1. The van der Waals surface area contributed by atoms with Gasteiger partial charge in [-0.15, -0.1) is 0 Å². The van der Waals surface area contributed by atoms with E-state index in [1.54, 1.807) is 20.8 Å². The van der Waals surface area contributed by atoms with Crippen molar-refractivity contribution < 1.29 is 22.7 Å². The summed E-state index contributed by atoms with van der Waals surface area (Å²) in [6.07, 6.45) is -2.35. The second-order valence-corrected chi connectivity index (χ2v) is 4.95. The number of benzene rings is 1. The van der Waals surface area contributed by atoms with Crippen molar-refractivity contribution in [2.45, 2.75) is 32.5 Å². The molecular formula is C14H15F3O2. The molecule has 0 aliphatic heterocycles. The molecule has 0 atom stereocenters. The van der Waals surface area contributed by atoms with E-state index in [0.717, 1.165) is 18.2 Å². The summed E-state index contributed by atoms with van der Waals surface area (Å²) in [4.78, 5) is 11.4. The second-order valence-electron chi connectivity index (χ2n) is 4.95. The smallest absolute Gasteiger partial charge is 0.416 e. The summed E-state index contributed by atoms with van der Waals surface area (Å²) in [7, 11) is 0. The van der Waals surface area contributed by atoms with Crippen LogP contribution in [-0.4, -0.2) is 11.6 Å². The fourth-order valence-electron chi connectivity index (χ4n) is 1.39. The Kier molecular flexibility index (Phi) is 4.39. The predicted octanol–water partition coefficient (Wildman–Crippen LogP) is 4.06. The van der Waals surface area contributed by atoms with Gasteiger partial charge in [0.2, 0.25) is 0 Å². The van der Waals surface area contributed by atoms with Crippen LogP contribution in [0, 0.1) is 0 Å². The average molecular weight is 272 g/mol. The summed E-state index contributed by atoms with van der Waals surface area (Å²) >= 11 is 0. The Morgan fingerprint density at radius 1 is 1.16 bits per heavy atom. The van der Waals surface area contributed by atoms with Gasteiger partial charge in [-0.3, -0.25) is 0 Å². The second kappa shape index (κ2) is 5.47. The van der Waals surface area contributed by atoms with Gasteiger partial charge in [0, 0.05) is 6.08 Å². The number of rotatable bonds is 2. The minimum Gasteiger partial charge on any atom is -0.457 e. The van der Waals surface area contributed by atoms with Crippen molar-refractivity contribution >= 4 is 12.0 Å². The van der Waals surface area contributed by atoms with Gasteiger partial charge in [0.1, 0.15) is 5.60 Å². The minimum atomic E-state index is -4.45. The maximum atomic E-state index is 12.7. The van der Waals surface area contributed by atoms with E-state index >= 15 is 0 Å². The maximum Gasteiger partial charge on any atom is 0.416 e. The van der Waals surface area contributed by atoms with Crippen LogP contribution >= 0.6 is 0 Å². The molecule has 5 heteroatoms. The molecule has 0 amide bonds. The quantitative estimate of drug-likeness (QED) is 0.599. The molecule has 2 nitrogen and oxygen atoms in total. The molecule has 19 heavy (non-hydrogen) atoms. The normalized spacial score (nSPS) is 12.7. The standard InChI is InChI=1S/C14H15F3O2/c1-13(2,3)19-12(18)9-8-10-6-4-5-7-11(10)14(15,16)17/h4-9H,1-3H3/b9-8+. The summed E-state index contributed by atoms with van der Waals surface area (Å²) in [5.41, 5.74) is -1.53. The Labute approximate surface area is 109 Å². The molecule has 104 valence electrons. The van der Waals surface area contributed by atoms with Crippen molar-refractivity contribution in [2.75, 3.05) is 0 Å². The summed E-state index contributed by atoms with van der Waals surface area (Å²) < 4.78 is 43.1. The lowest BCUT2D eigenvalue weighted by molar-refractivity contribution is -0.148. The van der Waals surface area contributed by atoms with Gasteiger partial charge in [0.25, 0.3) is 0 Å². The SMILES string of the molecule is CC(C)(C)OC(=O)/C=C/c1ccccc1C(F)(F)F. The molecule has 0 unspecified atom stereocenters. The highest BCUT2D eigenvalue weighted by atomic mass is 19.4. The third-order valence-electron chi connectivity index (χ3n) is 2.07. The summed E-state index contributed by atoms with van der Waals surface area (Å²) in [6.45, 7) is 5.05. The maximum absolute atomic E-state index is 12.7. The molecule has 0 N–H and O–H groups in total. The van der Waals surface area contributed by atoms with Crippen molar-refractivity contribution in [2.24, 2.45) is 0 Å². The highest BCUT2D eigenvalue weighted by Crippen LogP contribution is 2.32.